The minimum absolute atomic E-state index is 0.841. The largest absolute Gasteiger partial charge is 0.374 e. The highest BCUT2D eigenvalue weighted by molar-refractivity contribution is 5.83. The van der Waals surface area contributed by atoms with Gasteiger partial charge in [-0.3, -0.25) is 4.99 Å². The number of amidine groups is 1. The number of nitrogens with one attached hydrogen (secondary N) is 1. The number of allylic oxidation sites excluding steroid dienone is 2. The highest BCUT2D eigenvalue weighted by Crippen LogP contribution is 2.17. The van der Waals surface area contributed by atoms with Gasteiger partial charge in [-0.15, -0.1) is 0 Å². The van der Waals surface area contributed by atoms with Gasteiger partial charge in [0.1, 0.15) is 0 Å². The second kappa shape index (κ2) is 4.45. The molecule has 2 heteroatoms. The molecule has 2 rings (SSSR count). The third-order valence-corrected chi connectivity index (χ3v) is 2.85. The first-order valence-electron chi connectivity index (χ1n) is 5.37. The fraction of sp³-hybridized carbons (Fsp3) is 0.727. The van der Waals surface area contributed by atoms with E-state index in [1.807, 2.05) is 0 Å². The van der Waals surface area contributed by atoms with Crippen molar-refractivity contribution < 1.29 is 0 Å². The first-order valence-corrected chi connectivity index (χ1v) is 5.37. The van der Waals surface area contributed by atoms with Gasteiger partial charge < -0.3 is 5.32 Å². The van der Waals surface area contributed by atoms with Crippen LogP contribution in [0.3, 0.4) is 0 Å². The molecule has 0 fully saturated rings. The van der Waals surface area contributed by atoms with Crippen LogP contribution in [0.1, 0.15) is 32.1 Å². The maximum Gasteiger partial charge on any atom is 0.0963 e. The maximum absolute atomic E-state index is 4.41. The van der Waals surface area contributed by atoms with Gasteiger partial charge in [0.2, 0.25) is 0 Å². The molecule has 13 heavy (non-hydrogen) atoms. The first-order chi connectivity index (χ1) is 6.45. The highest BCUT2D eigenvalue weighted by Gasteiger charge is 2.11. The topological polar surface area (TPSA) is 24.4 Å². The van der Waals surface area contributed by atoms with E-state index in [1.165, 1.54) is 37.9 Å². The number of hydrogen-bond acceptors (Lipinski definition) is 2. The molecule has 2 aliphatic rings. The first kappa shape index (κ1) is 8.79. The summed E-state index contributed by atoms with van der Waals surface area (Å²) >= 11 is 0. The Morgan fingerprint density at radius 1 is 1.46 bits per heavy atom. The quantitative estimate of drug-likeness (QED) is 0.644. The summed E-state index contributed by atoms with van der Waals surface area (Å²) in [6, 6.07) is 0. The second-order valence-corrected chi connectivity index (χ2v) is 3.96. The monoisotopic (exact) mass is 178 g/mol. The number of rotatable bonds is 2. The molecule has 1 unspecified atom stereocenters. The van der Waals surface area contributed by atoms with Gasteiger partial charge in [-0.25, -0.2) is 0 Å². The summed E-state index contributed by atoms with van der Waals surface area (Å²) < 4.78 is 0. The van der Waals surface area contributed by atoms with Gasteiger partial charge in [-0.2, -0.15) is 0 Å². The van der Waals surface area contributed by atoms with Crippen LogP contribution in [-0.2, 0) is 0 Å². The Hall–Kier alpha value is -0.790. The van der Waals surface area contributed by atoms with Crippen LogP contribution in [0.5, 0.6) is 0 Å². The molecule has 0 aromatic rings. The van der Waals surface area contributed by atoms with E-state index >= 15 is 0 Å². The van der Waals surface area contributed by atoms with Gasteiger partial charge in [-0.1, -0.05) is 12.2 Å². The Balaban J connectivity index is 1.69. The van der Waals surface area contributed by atoms with E-state index in [1.54, 1.807) is 0 Å². The maximum atomic E-state index is 4.41. The molecule has 0 radical (unpaired) electrons. The lowest BCUT2D eigenvalue weighted by atomic mass is 9.94. The molecule has 0 aromatic heterocycles. The molecule has 0 spiro atoms. The molecule has 1 heterocycles. The molecule has 2 nitrogen and oxygen atoms in total. The van der Waals surface area contributed by atoms with Crippen LogP contribution in [0.2, 0.25) is 0 Å². The predicted octanol–water partition coefficient (Wildman–Crippen LogP) is 2.12. The van der Waals surface area contributed by atoms with Crippen LogP contribution >= 0.6 is 0 Å². The van der Waals surface area contributed by atoms with E-state index in [0.717, 1.165) is 19.0 Å². The van der Waals surface area contributed by atoms with Crippen molar-refractivity contribution in [1.29, 1.82) is 0 Å². The molecule has 0 saturated heterocycles. The zero-order chi connectivity index (χ0) is 8.93. The average molecular weight is 178 g/mol. The second-order valence-electron chi connectivity index (χ2n) is 3.96. The van der Waals surface area contributed by atoms with E-state index in [-0.39, 0.29) is 0 Å². The van der Waals surface area contributed by atoms with Crippen LogP contribution in [0.4, 0.5) is 0 Å². The van der Waals surface area contributed by atoms with Crippen molar-refractivity contribution in [1.82, 2.24) is 5.32 Å². The fourth-order valence-electron chi connectivity index (χ4n) is 1.99. The summed E-state index contributed by atoms with van der Waals surface area (Å²) in [5.41, 5.74) is 0. The van der Waals surface area contributed by atoms with Gasteiger partial charge >= 0.3 is 0 Å². The van der Waals surface area contributed by atoms with Crippen molar-refractivity contribution in [2.24, 2.45) is 10.9 Å². The van der Waals surface area contributed by atoms with Gasteiger partial charge in [0, 0.05) is 19.5 Å². The van der Waals surface area contributed by atoms with Crippen molar-refractivity contribution in [2.75, 3.05) is 13.1 Å². The Morgan fingerprint density at radius 3 is 3.15 bits per heavy atom. The minimum atomic E-state index is 0.841. The molecular weight excluding hydrogens is 160 g/mol. The Bertz CT molecular complexity index is 218. The van der Waals surface area contributed by atoms with Gasteiger partial charge in [0.05, 0.1) is 5.84 Å². The molecule has 0 saturated carbocycles. The summed E-state index contributed by atoms with van der Waals surface area (Å²) in [5.74, 6) is 2.09. The predicted molar refractivity (Wildman–Crippen MR) is 56.0 cm³/mol. The van der Waals surface area contributed by atoms with E-state index in [2.05, 4.69) is 22.5 Å². The molecule has 0 bridgehead atoms. The highest BCUT2D eigenvalue weighted by atomic mass is 15.0. The minimum Gasteiger partial charge on any atom is -0.374 e. The summed E-state index contributed by atoms with van der Waals surface area (Å²) in [6.45, 7) is 2.16. The lowest BCUT2D eigenvalue weighted by molar-refractivity contribution is 0.471. The third kappa shape index (κ3) is 2.58. The third-order valence-electron chi connectivity index (χ3n) is 2.85. The van der Waals surface area contributed by atoms with Crippen LogP contribution in [0.15, 0.2) is 17.1 Å². The number of hydrogen-bond donors (Lipinski definition) is 1. The molecule has 1 aliphatic heterocycles. The molecule has 1 atom stereocenters. The molecule has 0 amide bonds. The Labute approximate surface area is 80.1 Å². The summed E-state index contributed by atoms with van der Waals surface area (Å²) in [5, 5.41) is 3.47. The van der Waals surface area contributed by atoms with E-state index in [0.29, 0.717) is 0 Å². The SMILES string of the molecule is C1=CCC(CNC2=NCCC2)CC1. The fourth-order valence-corrected chi connectivity index (χ4v) is 1.99. The van der Waals surface area contributed by atoms with Gasteiger partial charge in [0.25, 0.3) is 0 Å². The van der Waals surface area contributed by atoms with Crippen molar-refractivity contribution in [3.05, 3.63) is 12.2 Å². The van der Waals surface area contributed by atoms with Crippen molar-refractivity contribution in [3.63, 3.8) is 0 Å². The van der Waals surface area contributed by atoms with E-state index in [9.17, 15) is 0 Å². The Kier molecular flexibility index (Phi) is 3.01. The van der Waals surface area contributed by atoms with Crippen molar-refractivity contribution in [3.8, 4) is 0 Å². The lowest BCUT2D eigenvalue weighted by Crippen LogP contribution is -2.28. The molecule has 1 N–H and O–H groups in total. The summed E-state index contributed by atoms with van der Waals surface area (Å²) in [6.07, 6.45) is 10.9. The Morgan fingerprint density at radius 2 is 2.46 bits per heavy atom. The number of nitrogens with zero attached hydrogens (tertiary/aromatic N) is 1. The van der Waals surface area contributed by atoms with Gasteiger partial charge in [-0.05, 0) is 31.6 Å². The van der Waals surface area contributed by atoms with Crippen LogP contribution in [0.25, 0.3) is 0 Å². The lowest BCUT2D eigenvalue weighted by Gasteiger charge is -2.18. The zero-order valence-corrected chi connectivity index (χ0v) is 8.13. The van der Waals surface area contributed by atoms with Crippen molar-refractivity contribution >= 4 is 5.84 Å². The summed E-state index contributed by atoms with van der Waals surface area (Å²) in [7, 11) is 0. The molecule has 1 aliphatic carbocycles. The molecular formula is C11H18N2. The van der Waals surface area contributed by atoms with Crippen LogP contribution in [-0.4, -0.2) is 18.9 Å². The average Bonchev–Trinajstić information content (AvgIpc) is 2.69. The van der Waals surface area contributed by atoms with Crippen LogP contribution in [0, 0.1) is 5.92 Å². The van der Waals surface area contributed by atoms with Crippen molar-refractivity contribution in [2.45, 2.75) is 32.1 Å². The van der Waals surface area contributed by atoms with E-state index < -0.39 is 0 Å². The number of aliphatic imine (C=N–C) groups is 1. The van der Waals surface area contributed by atoms with E-state index in [4.69, 9.17) is 0 Å². The smallest absolute Gasteiger partial charge is 0.0963 e. The molecule has 0 aromatic carbocycles. The standard InChI is InChI=1S/C11H18N2/c1-2-5-10(6-3-1)9-13-11-7-4-8-12-11/h1-2,10H,3-9H2,(H,12,13). The van der Waals surface area contributed by atoms with Gasteiger partial charge in [0.15, 0.2) is 0 Å². The van der Waals surface area contributed by atoms with Crippen LogP contribution < -0.4 is 5.32 Å². The summed E-state index contributed by atoms with van der Waals surface area (Å²) in [4.78, 5) is 4.41. The normalized spacial score (nSPS) is 27.4. The zero-order valence-electron chi connectivity index (χ0n) is 8.13. The molecule has 72 valence electrons.